The molecule has 2 heterocycles. The molecule has 3 aromatic carbocycles. The third kappa shape index (κ3) is 4.41. The molecule has 160 valence electrons. The van der Waals surface area contributed by atoms with Crippen LogP contribution in [0.3, 0.4) is 0 Å². The molecule has 0 spiro atoms. The zero-order valence-corrected chi connectivity index (χ0v) is 18.3. The number of fused-ring (bicyclic) bond motifs is 1. The van der Waals surface area contributed by atoms with Gasteiger partial charge in [-0.1, -0.05) is 42.5 Å². The van der Waals surface area contributed by atoms with Gasteiger partial charge >= 0.3 is 0 Å². The summed E-state index contributed by atoms with van der Waals surface area (Å²) < 4.78 is 0. The minimum absolute atomic E-state index is 0.650. The van der Waals surface area contributed by atoms with Crippen molar-refractivity contribution in [2.45, 2.75) is 6.54 Å². The van der Waals surface area contributed by atoms with Crippen LogP contribution < -0.4 is 4.90 Å². The monoisotopic (exact) mass is 429 g/mol. The summed E-state index contributed by atoms with van der Waals surface area (Å²) in [7, 11) is 0. The van der Waals surface area contributed by atoms with Crippen LogP contribution in [0.2, 0.25) is 0 Å². The molecule has 33 heavy (non-hydrogen) atoms. The Morgan fingerprint density at radius 2 is 1.48 bits per heavy atom. The Morgan fingerprint density at radius 1 is 0.758 bits per heavy atom. The van der Waals surface area contributed by atoms with Gasteiger partial charge in [0.05, 0.1) is 28.8 Å². The van der Waals surface area contributed by atoms with Gasteiger partial charge in [-0.25, -0.2) is 4.98 Å². The van der Waals surface area contributed by atoms with Crippen LogP contribution in [-0.4, -0.2) is 36.1 Å². The molecular formula is C28H23N5. The maximum atomic E-state index is 9.29. The lowest BCUT2D eigenvalue weighted by atomic mass is 10.0. The topological polar surface area (TPSA) is 67.0 Å². The van der Waals surface area contributed by atoms with Gasteiger partial charge in [0.1, 0.15) is 5.82 Å². The molecule has 5 rings (SSSR count). The molecular weight excluding hydrogens is 406 g/mol. The number of hydrogen-bond acceptors (Lipinski definition) is 5. The van der Waals surface area contributed by atoms with Crippen molar-refractivity contribution in [3.8, 4) is 23.3 Å². The quantitative estimate of drug-likeness (QED) is 0.458. The number of aromatic nitrogens is 1. The Morgan fingerprint density at radius 3 is 2.27 bits per heavy atom. The first-order valence-electron chi connectivity index (χ1n) is 11.1. The molecule has 0 saturated carbocycles. The maximum absolute atomic E-state index is 9.29. The highest BCUT2D eigenvalue weighted by Crippen LogP contribution is 2.30. The Bertz CT molecular complexity index is 1390. The molecule has 5 nitrogen and oxygen atoms in total. The van der Waals surface area contributed by atoms with E-state index in [-0.39, 0.29) is 0 Å². The van der Waals surface area contributed by atoms with Gasteiger partial charge in [-0.3, -0.25) is 4.90 Å². The highest BCUT2D eigenvalue weighted by molar-refractivity contribution is 5.94. The van der Waals surface area contributed by atoms with E-state index in [1.165, 1.54) is 5.56 Å². The van der Waals surface area contributed by atoms with Crippen molar-refractivity contribution in [2.24, 2.45) is 0 Å². The molecule has 0 atom stereocenters. The number of pyridine rings is 1. The van der Waals surface area contributed by atoms with Crippen molar-refractivity contribution >= 4 is 16.7 Å². The summed E-state index contributed by atoms with van der Waals surface area (Å²) in [5, 5.41) is 19.5. The first-order valence-corrected chi connectivity index (χ1v) is 11.1. The predicted molar refractivity (Wildman–Crippen MR) is 131 cm³/mol. The molecule has 0 amide bonds. The van der Waals surface area contributed by atoms with E-state index in [1.807, 2.05) is 48.5 Å². The van der Waals surface area contributed by atoms with Gasteiger partial charge in [0.25, 0.3) is 0 Å². The Kier molecular flexibility index (Phi) is 5.72. The first kappa shape index (κ1) is 20.7. The van der Waals surface area contributed by atoms with Crippen LogP contribution in [0.5, 0.6) is 0 Å². The zero-order valence-electron chi connectivity index (χ0n) is 18.3. The summed E-state index contributed by atoms with van der Waals surface area (Å²) >= 11 is 0. The fourth-order valence-corrected chi connectivity index (χ4v) is 4.43. The van der Waals surface area contributed by atoms with Gasteiger partial charge in [-0.15, -0.1) is 0 Å². The van der Waals surface area contributed by atoms with E-state index < -0.39 is 0 Å². The number of para-hydroxylation sites is 1. The standard InChI is InChI=1S/C28H23N5/c29-18-21-4-1-6-23(16-21)20-32-12-14-33(15-13-32)27-11-10-24-7-3-9-26(28(24)31-27)25-8-2-5-22(17-25)19-30/h1-11,16-17H,12-15,20H2. The molecule has 1 saturated heterocycles. The van der Waals surface area contributed by atoms with E-state index >= 15 is 0 Å². The molecule has 0 bridgehead atoms. The Balaban J connectivity index is 1.35. The molecule has 5 heteroatoms. The lowest BCUT2D eigenvalue weighted by molar-refractivity contribution is 0.249. The molecule has 0 N–H and O–H groups in total. The molecule has 1 aliphatic heterocycles. The highest BCUT2D eigenvalue weighted by atomic mass is 15.3. The zero-order chi connectivity index (χ0) is 22.6. The van der Waals surface area contributed by atoms with Crippen molar-refractivity contribution in [2.75, 3.05) is 31.1 Å². The van der Waals surface area contributed by atoms with Crippen LogP contribution in [-0.2, 0) is 6.54 Å². The van der Waals surface area contributed by atoms with E-state index in [4.69, 9.17) is 10.2 Å². The van der Waals surface area contributed by atoms with E-state index in [0.29, 0.717) is 11.1 Å². The normalized spacial score (nSPS) is 14.1. The molecule has 1 aliphatic rings. The van der Waals surface area contributed by atoms with Crippen LogP contribution in [0, 0.1) is 22.7 Å². The van der Waals surface area contributed by atoms with Gasteiger partial charge in [0, 0.05) is 43.7 Å². The second-order valence-corrected chi connectivity index (χ2v) is 8.31. The first-order chi connectivity index (χ1) is 16.2. The lowest BCUT2D eigenvalue weighted by Crippen LogP contribution is -2.46. The van der Waals surface area contributed by atoms with Crippen molar-refractivity contribution in [3.63, 3.8) is 0 Å². The highest BCUT2D eigenvalue weighted by Gasteiger charge is 2.19. The van der Waals surface area contributed by atoms with Gasteiger partial charge in [-0.2, -0.15) is 10.5 Å². The largest absolute Gasteiger partial charge is 0.354 e. The molecule has 0 aliphatic carbocycles. The van der Waals surface area contributed by atoms with Gasteiger partial charge in [0.2, 0.25) is 0 Å². The summed E-state index contributed by atoms with van der Waals surface area (Å²) in [4.78, 5) is 9.81. The summed E-state index contributed by atoms with van der Waals surface area (Å²) in [5.74, 6) is 0.984. The van der Waals surface area contributed by atoms with Crippen LogP contribution in [0.1, 0.15) is 16.7 Å². The second-order valence-electron chi connectivity index (χ2n) is 8.31. The fraction of sp³-hybridized carbons (Fsp3) is 0.179. The molecule has 0 radical (unpaired) electrons. The minimum Gasteiger partial charge on any atom is -0.354 e. The number of anilines is 1. The second kappa shape index (κ2) is 9.12. The molecule has 1 fully saturated rings. The lowest BCUT2D eigenvalue weighted by Gasteiger charge is -2.35. The van der Waals surface area contributed by atoms with E-state index in [0.717, 1.165) is 60.6 Å². The van der Waals surface area contributed by atoms with Gasteiger partial charge < -0.3 is 4.90 Å². The number of rotatable bonds is 4. The summed E-state index contributed by atoms with van der Waals surface area (Å²) in [6.07, 6.45) is 0. The molecule has 0 unspecified atom stereocenters. The number of benzene rings is 3. The summed E-state index contributed by atoms with van der Waals surface area (Å²) in [6, 6.07) is 30.4. The summed E-state index contributed by atoms with van der Waals surface area (Å²) in [6.45, 7) is 4.56. The van der Waals surface area contributed by atoms with Crippen LogP contribution in [0.4, 0.5) is 5.82 Å². The third-order valence-electron chi connectivity index (χ3n) is 6.17. The van der Waals surface area contributed by atoms with E-state index in [2.05, 4.69) is 52.3 Å². The maximum Gasteiger partial charge on any atom is 0.129 e. The van der Waals surface area contributed by atoms with Crippen LogP contribution in [0.15, 0.2) is 78.9 Å². The van der Waals surface area contributed by atoms with Gasteiger partial charge in [0.15, 0.2) is 0 Å². The number of piperazine rings is 1. The SMILES string of the molecule is N#Cc1cccc(CN2CCN(c3ccc4cccc(-c5cccc(C#N)c5)c4n3)CC2)c1. The number of nitrogens with zero attached hydrogens (tertiary/aromatic N) is 5. The minimum atomic E-state index is 0.650. The Labute approximate surface area is 193 Å². The smallest absolute Gasteiger partial charge is 0.129 e. The number of nitriles is 2. The summed E-state index contributed by atoms with van der Waals surface area (Å²) in [5.41, 5.74) is 5.55. The average Bonchev–Trinajstić information content (AvgIpc) is 2.88. The number of hydrogen-bond donors (Lipinski definition) is 0. The molecule has 4 aromatic rings. The van der Waals surface area contributed by atoms with Crippen molar-refractivity contribution in [3.05, 3.63) is 95.6 Å². The van der Waals surface area contributed by atoms with Gasteiger partial charge in [-0.05, 0) is 47.5 Å². The van der Waals surface area contributed by atoms with Crippen LogP contribution >= 0.6 is 0 Å². The van der Waals surface area contributed by atoms with Crippen LogP contribution in [0.25, 0.3) is 22.0 Å². The van der Waals surface area contributed by atoms with Crippen molar-refractivity contribution in [1.82, 2.24) is 9.88 Å². The Hall–Kier alpha value is -4.19. The van der Waals surface area contributed by atoms with E-state index in [9.17, 15) is 5.26 Å². The average molecular weight is 430 g/mol. The van der Waals surface area contributed by atoms with E-state index in [1.54, 1.807) is 0 Å². The molecule has 1 aromatic heterocycles. The third-order valence-corrected chi connectivity index (χ3v) is 6.17. The van der Waals surface area contributed by atoms with Crippen molar-refractivity contribution in [1.29, 1.82) is 10.5 Å². The predicted octanol–water partition coefficient (Wildman–Crippen LogP) is 4.97. The fourth-order valence-electron chi connectivity index (χ4n) is 4.43. The van der Waals surface area contributed by atoms with Crippen molar-refractivity contribution < 1.29 is 0 Å².